The van der Waals surface area contributed by atoms with Crippen LogP contribution in [-0.2, 0) is 23.4 Å². The number of halogens is 8. The SMILES string of the molecule is CC(CC1CC1(Nc1cc(C2CC2)nc2ncnn12)c1ccc(C(F)(F)F)c(F)c1)c1cc(NC2(c3ccc(C(F)(F)F)c(F)c3)CC2)n2ncnc2n1. The summed E-state index contributed by atoms with van der Waals surface area (Å²) in [5, 5.41) is 15.4. The van der Waals surface area contributed by atoms with Crippen molar-refractivity contribution in [3.63, 3.8) is 0 Å². The summed E-state index contributed by atoms with van der Waals surface area (Å²) in [6.45, 7) is 1.93. The van der Waals surface area contributed by atoms with E-state index in [1.807, 2.05) is 13.0 Å². The van der Waals surface area contributed by atoms with E-state index in [0.717, 1.165) is 42.8 Å². The van der Waals surface area contributed by atoms with E-state index in [1.54, 1.807) is 6.07 Å². The molecule has 3 saturated carbocycles. The number of hydrogen-bond donors (Lipinski definition) is 2. The number of alkyl halides is 6. The summed E-state index contributed by atoms with van der Waals surface area (Å²) in [6, 6.07) is 9.51. The Morgan fingerprint density at radius 1 is 0.759 bits per heavy atom. The Morgan fingerprint density at radius 2 is 1.33 bits per heavy atom. The fraction of sp³-hybridized carbons (Fsp3) is 0.389. The standard InChI is InChI=1S/C36H30F8N10/c1-18(27-13-29(53-31(49-27)45-16-47-53)51-33(8-9-33)20-4-6-23(25(37)11-20)35(39,40)41)10-22-15-34(22,21-5-7-24(26(38)12-21)36(42,43)44)52-30-14-28(19-2-3-19)50-32-46-17-48-54(30)32/h4-7,11-14,16-19,22,51-52H,2-3,8-10,15H2,1H3. The summed E-state index contributed by atoms with van der Waals surface area (Å²) in [7, 11) is 0. The number of nitrogens with zero attached hydrogens (tertiary/aromatic N) is 8. The second kappa shape index (κ2) is 11.8. The van der Waals surface area contributed by atoms with E-state index >= 15 is 4.39 Å². The molecule has 0 bridgehead atoms. The number of anilines is 2. The molecule has 3 fully saturated rings. The van der Waals surface area contributed by atoms with Gasteiger partial charge in [-0.3, -0.25) is 0 Å². The van der Waals surface area contributed by atoms with Crippen LogP contribution in [0.3, 0.4) is 0 Å². The molecule has 2 N–H and O–H groups in total. The van der Waals surface area contributed by atoms with Crippen LogP contribution in [0.25, 0.3) is 11.6 Å². The molecule has 0 saturated heterocycles. The second-order valence-corrected chi connectivity index (χ2v) is 14.6. The maximum atomic E-state index is 15.1. The Bertz CT molecular complexity index is 2430. The molecule has 4 aromatic heterocycles. The zero-order chi connectivity index (χ0) is 37.8. The quantitative estimate of drug-likeness (QED) is 0.134. The van der Waals surface area contributed by atoms with Gasteiger partial charge >= 0.3 is 12.4 Å². The first-order chi connectivity index (χ1) is 25.6. The lowest BCUT2D eigenvalue weighted by Gasteiger charge is -2.24. The molecule has 6 aromatic rings. The smallest absolute Gasteiger partial charge is 0.360 e. The van der Waals surface area contributed by atoms with E-state index in [1.165, 1.54) is 33.8 Å². The third-order valence-electron chi connectivity index (χ3n) is 10.9. The van der Waals surface area contributed by atoms with Crippen LogP contribution in [0.2, 0.25) is 0 Å². The molecule has 280 valence electrons. The van der Waals surface area contributed by atoms with Crippen LogP contribution in [0.15, 0.2) is 61.2 Å². The Hall–Kier alpha value is -5.42. The molecular formula is C36H30F8N10. The van der Waals surface area contributed by atoms with E-state index in [4.69, 9.17) is 4.98 Å². The minimum atomic E-state index is -4.87. The van der Waals surface area contributed by atoms with E-state index < -0.39 is 46.2 Å². The van der Waals surface area contributed by atoms with Gasteiger partial charge in [-0.1, -0.05) is 19.1 Å². The Balaban J connectivity index is 1.03. The number of rotatable bonds is 10. The highest BCUT2D eigenvalue weighted by Crippen LogP contribution is 2.58. The van der Waals surface area contributed by atoms with Crippen molar-refractivity contribution in [2.75, 3.05) is 10.6 Å². The maximum absolute atomic E-state index is 15.1. The van der Waals surface area contributed by atoms with Crippen molar-refractivity contribution in [2.24, 2.45) is 5.92 Å². The van der Waals surface area contributed by atoms with Crippen molar-refractivity contribution in [1.82, 2.24) is 39.2 Å². The maximum Gasteiger partial charge on any atom is 0.419 e. The first kappa shape index (κ1) is 34.4. The van der Waals surface area contributed by atoms with Crippen molar-refractivity contribution >= 4 is 23.2 Å². The van der Waals surface area contributed by atoms with Crippen molar-refractivity contribution in [3.8, 4) is 0 Å². The van der Waals surface area contributed by atoms with Gasteiger partial charge in [-0.05, 0) is 85.8 Å². The van der Waals surface area contributed by atoms with Crippen LogP contribution in [-0.4, -0.2) is 39.2 Å². The topological polar surface area (TPSA) is 110 Å². The normalized spacial score (nSPS) is 21.4. The van der Waals surface area contributed by atoms with E-state index in [-0.39, 0.29) is 23.5 Å². The summed E-state index contributed by atoms with van der Waals surface area (Å²) < 4.78 is 113. The Labute approximate surface area is 301 Å². The van der Waals surface area contributed by atoms with Gasteiger partial charge in [0.05, 0.1) is 33.6 Å². The van der Waals surface area contributed by atoms with Crippen molar-refractivity contribution in [3.05, 3.63) is 106 Å². The van der Waals surface area contributed by atoms with Gasteiger partial charge in [0.25, 0.3) is 11.6 Å². The lowest BCUT2D eigenvalue weighted by atomic mass is 9.93. The molecule has 3 aliphatic rings. The van der Waals surface area contributed by atoms with E-state index in [0.29, 0.717) is 59.9 Å². The molecule has 10 nitrogen and oxygen atoms in total. The lowest BCUT2D eigenvalue weighted by Crippen LogP contribution is -2.25. The average molecular weight is 755 g/mol. The molecule has 54 heavy (non-hydrogen) atoms. The van der Waals surface area contributed by atoms with Crippen molar-refractivity contribution < 1.29 is 35.1 Å². The van der Waals surface area contributed by atoms with Crippen LogP contribution < -0.4 is 10.6 Å². The molecule has 3 aliphatic carbocycles. The highest BCUT2D eigenvalue weighted by atomic mass is 19.4. The molecular weight excluding hydrogens is 724 g/mol. The largest absolute Gasteiger partial charge is 0.419 e. The molecule has 9 rings (SSSR count). The predicted molar refractivity (Wildman–Crippen MR) is 177 cm³/mol. The van der Waals surface area contributed by atoms with Gasteiger partial charge in [0.1, 0.15) is 35.9 Å². The number of fused-ring (bicyclic) bond motifs is 2. The first-order valence-electron chi connectivity index (χ1n) is 17.4. The van der Waals surface area contributed by atoms with Crippen LogP contribution >= 0.6 is 0 Å². The van der Waals surface area contributed by atoms with Gasteiger partial charge in [0.15, 0.2) is 0 Å². The van der Waals surface area contributed by atoms with Gasteiger partial charge in [-0.25, -0.2) is 18.7 Å². The summed E-state index contributed by atoms with van der Waals surface area (Å²) >= 11 is 0. The number of hydrogen-bond acceptors (Lipinski definition) is 8. The zero-order valence-corrected chi connectivity index (χ0v) is 28.3. The number of benzene rings is 2. The summed E-state index contributed by atoms with van der Waals surface area (Å²) in [4.78, 5) is 17.8. The van der Waals surface area contributed by atoms with Crippen molar-refractivity contribution in [1.29, 1.82) is 0 Å². The molecule has 0 amide bonds. The fourth-order valence-corrected chi connectivity index (χ4v) is 7.57. The summed E-state index contributed by atoms with van der Waals surface area (Å²) in [5.74, 6) is -1.39. The Kier molecular flexibility index (Phi) is 7.50. The van der Waals surface area contributed by atoms with Crippen LogP contribution in [0.4, 0.5) is 46.8 Å². The fourth-order valence-electron chi connectivity index (χ4n) is 7.57. The minimum absolute atomic E-state index is 0.211. The lowest BCUT2D eigenvalue weighted by molar-refractivity contribution is -0.140. The van der Waals surface area contributed by atoms with Crippen molar-refractivity contribution in [2.45, 2.75) is 80.7 Å². The Morgan fingerprint density at radius 3 is 1.91 bits per heavy atom. The highest BCUT2D eigenvalue weighted by Gasteiger charge is 2.57. The third kappa shape index (κ3) is 5.95. The molecule has 2 aromatic carbocycles. The monoisotopic (exact) mass is 754 g/mol. The molecule has 3 unspecified atom stereocenters. The van der Waals surface area contributed by atoms with Gasteiger partial charge in [-0.15, -0.1) is 0 Å². The summed E-state index contributed by atoms with van der Waals surface area (Å²) in [5.41, 5.74) is -2.43. The molecule has 0 spiro atoms. The van der Waals surface area contributed by atoms with Crippen LogP contribution in [0.1, 0.15) is 90.9 Å². The number of aromatic nitrogens is 8. The van der Waals surface area contributed by atoms with Gasteiger partial charge in [-0.2, -0.15) is 55.5 Å². The zero-order valence-electron chi connectivity index (χ0n) is 28.3. The molecule has 3 atom stereocenters. The molecule has 0 radical (unpaired) electrons. The second-order valence-electron chi connectivity index (χ2n) is 14.6. The van der Waals surface area contributed by atoms with E-state index in [9.17, 15) is 30.7 Å². The van der Waals surface area contributed by atoms with Gasteiger partial charge in [0.2, 0.25) is 0 Å². The minimum Gasteiger partial charge on any atom is -0.360 e. The average Bonchev–Trinajstić information content (AvgIpc) is 4.07. The summed E-state index contributed by atoms with van der Waals surface area (Å²) in [6.07, 6.45) is -3.13. The molecule has 18 heteroatoms. The first-order valence-corrected chi connectivity index (χ1v) is 17.4. The molecule has 0 aliphatic heterocycles. The number of nitrogens with one attached hydrogen (secondary N) is 2. The van der Waals surface area contributed by atoms with Crippen LogP contribution in [0.5, 0.6) is 0 Å². The predicted octanol–water partition coefficient (Wildman–Crippen LogP) is 8.38. The van der Waals surface area contributed by atoms with Gasteiger partial charge < -0.3 is 10.6 Å². The van der Waals surface area contributed by atoms with E-state index in [2.05, 4.69) is 35.8 Å². The third-order valence-corrected chi connectivity index (χ3v) is 10.9. The van der Waals surface area contributed by atoms with Gasteiger partial charge in [0, 0.05) is 18.1 Å². The molecule has 4 heterocycles. The highest BCUT2D eigenvalue weighted by molar-refractivity contribution is 5.55. The van der Waals surface area contributed by atoms with Crippen LogP contribution in [0, 0.1) is 17.6 Å².